The van der Waals surface area contributed by atoms with Crippen LogP contribution in [0.5, 0.6) is 0 Å². The smallest absolute Gasteiger partial charge is 0.140 e. The van der Waals surface area contributed by atoms with Crippen molar-refractivity contribution in [3.05, 3.63) is 40.5 Å². The lowest BCUT2D eigenvalue weighted by Gasteiger charge is -2.16. The van der Waals surface area contributed by atoms with Crippen LogP contribution in [0.2, 0.25) is 5.02 Å². The normalized spacial score (nSPS) is 12.4. The monoisotopic (exact) mass is 314 g/mol. The highest BCUT2D eigenvalue weighted by molar-refractivity contribution is 9.10. The Morgan fingerprint density at radius 2 is 2.41 bits per heavy atom. The Hall–Kier alpha value is -1.07. The second-order valence-electron chi connectivity index (χ2n) is 3.79. The molecule has 90 valence electrons. The summed E-state index contributed by atoms with van der Waals surface area (Å²) < 4.78 is 2.88. The van der Waals surface area contributed by atoms with Gasteiger partial charge in [0, 0.05) is 31.2 Å². The first-order chi connectivity index (χ1) is 8.15. The number of nitrogens with one attached hydrogen (secondary N) is 1. The number of aromatic nitrogens is 3. The minimum Gasteiger partial charge on any atom is -0.365 e. The Kier molecular flexibility index (Phi) is 4.02. The van der Waals surface area contributed by atoms with E-state index < -0.39 is 0 Å². The molecule has 0 bridgehead atoms. The minimum absolute atomic E-state index is 0.245. The highest BCUT2D eigenvalue weighted by Gasteiger charge is 2.07. The van der Waals surface area contributed by atoms with E-state index in [-0.39, 0.29) is 6.04 Å². The third kappa shape index (κ3) is 3.44. The van der Waals surface area contributed by atoms with Gasteiger partial charge < -0.3 is 9.88 Å². The number of rotatable bonds is 4. The van der Waals surface area contributed by atoms with Crippen LogP contribution >= 0.6 is 27.5 Å². The van der Waals surface area contributed by atoms with Crippen molar-refractivity contribution in [2.75, 3.05) is 5.32 Å². The predicted octanol–water partition coefficient (Wildman–Crippen LogP) is 3.19. The standard InChI is InChI=1S/C11H12BrClN4/c1-8(6-17-3-2-14-7-17)16-11-10(12)4-9(13)5-15-11/h2-5,7-8H,6H2,1H3,(H,15,16). The summed E-state index contributed by atoms with van der Waals surface area (Å²) in [5.74, 6) is 0.794. The summed E-state index contributed by atoms with van der Waals surface area (Å²) in [5.41, 5.74) is 0. The lowest BCUT2D eigenvalue weighted by Crippen LogP contribution is -2.22. The maximum Gasteiger partial charge on any atom is 0.140 e. The molecule has 1 N–H and O–H groups in total. The maximum absolute atomic E-state index is 5.84. The predicted molar refractivity (Wildman–Crippen MR) is 72.3 cm³/mol. The maximum atomic E-state index is 5.84. The summed E-state index contributed by atoms with van der Waals surface area (Å²) in [4.78, 5) is 8.24. The van der Waals surface area contributed by atoms with E-state index in [1.807, 2.05) is 16.8 Å². The number of imidazole rings is 1. The number of pyridine rings is 1. The molecule has 4 nitrogen and oxygen atoms in total. The molecular weight excluding hydrogens is 304 g/mol. The molecule has 0 aliphatic rings. The van der Waals surface area contributed by atoms with Crippen LogP contribution in [0.1, 0.15) is 6.92 Å². The molecule has 0 spiro atoms. The van der Waals surface area contributed by atoms with Gasteiger partial charge in [-0.2, -0.15) is 0 Å². The van der Waals surface area contributed by atoms with Crippen molar-refractivity contribution in [3.63, 3.8) is 0 Å². The van der Waals surface area contributed by atoms with Crippen LogP contribution in [-0.2, 0) is 6.54 Å². The largest absolute Gasteiger partial charge is 0.365 e. The average Bonchev–Trinajstić information content (AvgIpc) is 2.75. The molecular formula is C11H12BrClN4. The van der Waals surface area contributed by atoms with Crippen LogP contribution in [0.3, 0.4) is 0 Å². The van der Waals surface area contributed by atoms with Crippen LogP contribution in [0, 0.1) is 0 Å². The van der Waals surface area contributed by atoms with Crippen LogP contribution < -0.4 is 5.32 Å². The number of halogens is 2. The fourth-order valence-corrected chi connectivity index (χ4v) is 2.26. The third-order valence-electron chi connectivity index (χ3n) is 2.23. The fourth-order valence-electron chi connectivity index (χ4n) is 1.51. The zero-order valence-electron chi connectivity index (χ0n) is 9.27. The highest BCUT2D eigenvalue weighted by atomic mass is 79.9. The number of hydrogen-bond acceptors (Lipinski definition) is 3. The first-order valence-electron chi connectivity index (χ1n) is 5.18. The first-order valence-corrected chi connectivity index (χ1v) is 6.35. The molecule has 1 unspecified atom stereocenters. The van der Waals surface area contributed by atoms with Gasteiger partial charge in [0.1, 0.15) is 5.82 Å². The molecule has 1 atom stereocenters. The van der Waals surface area contributed by atoms with Gasteiger partial charge >= 0.3 is 0 Å². The molecule has 0 aromatic carbocycles. The van der Waals surface area contributed by atoms with Crippen molar-refractivity contribution >= 4 is 33.3 Å². The van der Waals surface area contributed by atoms with Gasteiger partial charge in [0.05, 0.1) is 15.8 Å². The Balaban J connectivity index is 2.00. The van der Waals surface area contributed by atoms with Gasteiger partial charge in [-0.3, -0.25) is 0 Å². The molecule has 2 aromatic heterocycles. The summed E-state index contributed by atoms with van der Waals surface area (Å²) in [7, 11) is 0. The average molecular weight is 316 g/mol. The van der Waals surface area contributed by atoms with Gasteiger partial charge in [0.25, 0.3) is 0 Å². The van der Waals surface area contributed by atoms with Gasteiger partial charge in [-0.25, -0.2) is 9.97 Å². The molecule has 0 aliphatic carbocycles. The van der Waals surface area contributed by atoms with Crippen LogP contribution in [-0.4, -0.2) is 20.6 Å². The van der Waals surface area contributed by atoms with E-state index in [9.17, 15) is 0 Å². The number of nitrogens with zero attached hydrogens (tertiary/aromatic N) is 3. The van der Waals surface area contributed by atoms with E-state index in [4.69, 9.17) is 11.6 Å². The minimum atomic E-state index is 0.245. The molecule has 2 heterocycles. The van der Waals surface area contributed by atoms with Gasteiger partial charge in [0.15, 0.2) is 0 Å². The van der Waals surface area contributed by atoms with Crippen molar-refractivity contribution in [2.45, 2.75) is 19.5 Å². The third-order valence-corrected chi connectivity index (χ3v) is 3.05. The van der Waals surface area contributed by atoms with Crippen LogP contribution in [0.4, 0.5) is 5.82 Å². The molecule has 0 radical (unpaired) electrons. The fraction of sp³-hybridized carbons (Fsp3) is 0.273. The molecule has 17 heavy (non-hydrogen) atoms. The van der Waals surface area contributed by atoms with E-state index in [2.05, 4.69) is 38.1 Å². The number of hydrogen-bond donors (Lipinski definition) is 1. The molecule has 0 fully saturated rings. The van der Waals surface area contributed by atoms with Gasteiger partial charge in [-0.05, 0) is 28.9 Å². The van der Waals surface area contributed by atoms with Gasteiger partial charge in [-0.1, -0.05) is 11.6 Å². The van der Waals surface area contributed by atoms with E-state index in [0.717, 1.165) is 16.8 Å². The first kappa shape index (κ1) is 12.4. The molecule has 2 rings (SSSR count). The van der Waals surface area contributed by atoms with E-state index in [1.54, 1.807) is 18.7 Å². The Morgan fingerprint density at radius 1 is 1.59 bits per heavy atom. The SMILES string of the molecule is CC(Cn1ccnc1)Nc1ncc(Cl)cc1Br. The quantitative estimate of drug-likeness (QED) is 0.942. The van der Waals surface area contributed by atoms with E-state index in [0.29, 0.717) is 5.02 Å². The Morgan fingerprint density at radius 3 is 3.06 bits per heavy atom. The zero-order valence-corrected chi connectivity index (χ0v) is 11.6. The van der Waals surface area contributed by atoms with Crippen LogP contribution in [0.25, 0.3) is 0 Å². The molecule has 0 amide bonds. The lowest BCUT2D eigenvalue weighted by molar-refractivity contribution is 0.617. The van der Waals surface area contributed by atoms with Crippen LogP contribution in [0.15, 0.2) is 35.5 Å². The second kappa shape index (κ2) is 5.51. The molecule has 6 heteroatoms. The summed E-state index contributed by atoms with van der Waals surface area (Å²) in [6.07, 6.45) is 7.12. The van der Waals surface area contributed by atoms with Crippen molar-refractivity contribution < 1.29 is 0 Å². The lowest BCUT2D eigenvalue weighted by atomic mass is 10.3. The van der Waals surface area contributed by atoms with Crippen molar-refractivity contribution in [2.24, 2.45) is 0 Å². The van der Waals surface area contributed by atoms with Gasteiger partial charge in [-0.15, -0.1) is 0 Å². The molecule has 0 aliphatic heterocycles. The van der Waals surface area contributed by atoms with Crippen molar-refractivity contribution in [1.29, 1.82) is 0 Å². The Bertz CT molecular complexity index is 486. The number of anilines is 1. The van der Waals surface area contributed by atoms with Crippen molar-refractivity contribution in [1.82, 2.24) is 14.5 Å². The second-order valence-corrected chi connectivity index (χ2v) is 5.08. The summed E-state index contributed by atoms with van der Waals surface area (Å²) in [6.45, 7) is 2.92. The zero-order chi connectivity index (χ0) is 12.3. The molecule has 2 aromatic rings. The summed E-state index contributed by atoms with van der Waals surface area (Å²) in [5, 5.41) is 3.93. The Labute approximate surface area is 113 Å². The molecule has 0 saturated carbocycles. The topological polar surface area (TPSA) is 42.7 Å². The summed E-state index contributed by atoms with van der Waals surface area (Å²) in [6, 6.07) is 2.06. The highest BCUT2D eigenvalue weighted by Crippen LogP contribution is 2.23. The summed E-state index contributed by atoms with van der Waals surface area (Å²) >= 11 is 9.26. The molecule has 0 saturated heterocycles. The van der Waals surface area contributed by atoms with Gasteiger partial charge in [0.2, 0.25) is 0 Å². The van der Waals surface area contributed by atoms with E-state index >= 15 is 0 Å². The van der Waals surface area contributed by atoms with E-state index in [1.165, 1.54) is 0 Å². The van der Waals surface area contributed by atoms with Crippen molar-refractivity contribution in [3.8, 4) is 0 Å².